The molecular formula is C7H13NO. The van der Waals surface area contributed by atoms with Crippen LogP contribution in [0, 0.1) is 11.8 Å². The van der Waals surface area contributed by atoms with E-state index in [4.69, 9.17) is 10.5 Å². The maximum absolute atomic E-state index is 5.54. The van der Waals surface area contributed by atoms with Crippen molar-refractivity contribution >= 4 is 0 Å². The molecule has 2 aliphatic rings. The molecule has 0 spiro atoms. The van der Waals surface area contributed by atoms with Gasteiger partial charge in [-0.05, 0) is 31.2 Å². The Kier molecular flexibility index (Phi) is 1.24. The molecular weight excluding hydrogens is 114 g/mol. The van der Waals surface area contributed by atoms with Crippen molar-refractivity contribution < 1.29 is 4.74 Å². The van der Waals surface area contributed by atoms with E-state index in [2.05, 4.69) is 0 Å². The van der Waals surface area contributed by atoms with Crippen molar-refractivity contribution in [1.82, 2.24) is 0 Å². The van der Waals surface area contributed by atoms with Crippen molar-refractivity contribution in [2.75, 3.05) is 13.2 Å². The Balaban J connectivity index is 2.01. The average Bonchev–Trinajstić information content (AvgIpc) is 2.45. The van der Waals surface area contributed by atoms with E-state index in [-0.39, 0.29) is 0 Å². The number of rotatable bonds is 1. The first kappa shape index (κ1) is 5.69. The van der Waals surface area contributed by atoms with Gasteiger partial charge in [0.2, 0.25) is 0 Å². The quantitative estimate of drug-likeness (QED) is 0.552. The Morgan fingerprint density at radius 3 is 2.67 bits per heavy atom. The van der Waals surface area contributed by atoms with E-state index in [0.717, 1.165) is 19.1 Å². The van der Waals surface area contributed by atoms with Crippen LogP contribution in [-0.2, 0) is 4.74 Å². The van der Waals surface area contributed by atoms with Crippen LogP contribution in [0.15, 0.2) is 0 Å². The number of nitrogens with two attached hydrogens (primary N) is 1. The monoisotopic (exact) mass is 127 g/mol. The normalized spacial score (nSPS) is 48.3. The summed E-state index contributed by atoms with van der Waals surface area (Å²) in [5.41, 5.74) is 5.54. The van der Waals surface area contributed by atoms with E-state index in [1.54, 1.807) is 0 Å². The molecule has 1 heterocycles. The summed E-state index contributed by atoms with van der Waals surface area (Å²) in [5, 5.41) is 0. The van der Waals surface area contributed by atoms with Crippen molar-refractivity contribution in [2.45, 2.75) is 18.9 Å². The van der Waals surface area contributed by atoms with E-state index in [9.17, 15) is 0 Å². The molecule has 2 heteroatoms. The summed E-state index contributed by atoms with van der Waals surface area (Å²) in [6.07, 6.45) is 3.13. The van der Waals surface area contributed by atoms with Gasteiger partial charge in [-0.25, -0.2) is 0 Å². The number of ether oxygens (including phenoxy) is 1. The third-order valence-electron chi connectivity index (χ3n) is 2.58. The first-order chi connectivity index (χ1) is 4.40. The molecule has 0 radical (unpaired) electrons. The van der Waals surface area contributed by atoms with Gasteiger partial charge >= 0.3 is 0 Å². The molecule has 3 atom stereocenters. The van der Waals surface area contributed by atoms with E-state index in [1.807, 2.05) is 0 Å². The molecule has 52 valence electrons. The molecule has 9 heavy (non-hydrogen) atoms. The minimum atomic E-state index is 0.528. The zero-order chi connectivity index (χ0) is 6.27. The predicted molar refractivity (Wildman–Crippen MR) is 35.0 cm³/mol. The summed E-state index contributed by atoms with van der Waals surface area (Å²) in [4.78, 5) is 0. The summed E-state index contributed by atoms with van der Waals surface area (Å²) >= 11 is 0. The molecule has 2 bridgehead atoms. The van der Waals surface area contributed by atoms with E-state index < -0.39 is 0 Å². The van der Waals surface area contributed by atoms with Gasteiger partial charge in [0.25, 0.3) is 0 Å². The molecule has 2 fully saturated rings. The number of hydrogen-bond donors (Lipinski definition) is 1. The first-order valence-corrected chi connectivity index (χ1v) is 3.72. The van der Waals surface area contributed by atoms with Crippen LogP contribution in [0.25, 0.3) is 0 Å². The van der Waals surface area contributed by atoms with E-state index in [0.29, 0.717) is 12.0 Å². The summed E-state index contributed by atoms with van der Waals surface area (Å²) in [5.74, 6) is 1.53. The number of hydrogen-bond acceptors (Lipinski definition) is 2. The predicted octanol–water partition coefficient (Wildman–Crippen LogP) is 0.370. The molecule has 0 aromatic carbocycles. The van der Waals surface area contributed by atoms with Crippen LogP contribution in [0.1, 0.15) is 12.8 Å². The van der Waals surface area contributed by atoms with Gasteiger partial charge in [0.15, 0.2) is 0 Å². The largest absolute Gasteiger partial charge is 0.378 e. The molecule has 1 saturated carbocycles. The second-order valence-electron chi connectivity index (χ2n) is 3.20. The lowest BCUT2D eigenvalue weighted by Gasteiger charge is -2.19. The van der Waals surface area contributed by atoms with Crippen molar-refractivity contribution in [1.29, 1.82) is 0 Å². The summed E-state index contributed by atoms with van der Waals surface area (Å²) < 4.78 is 5.48. The fraction of sp³-hybridized carbons (Fsp3) is 1.00. The topological polar surface area (TPSA) is 35.2 Å². The highest BCUT2D eigenvalue weighted by atomic mass is 16.5. The maximum atomic E-state index is 5.54. The third-order valence-corrected chi connectivity index (χ3v) is 2.58. The summed E-state index contributed by atoms with van der Waals surface area (Å²) in [6, 6.07) is 0. The zero-order valence-electron chi connectivity index (χ0n) is 5.55. The Labute approximate surface area is 55.4 Å². The summed E-state index contributed by atoms with van der Waals surface area (Å²) in [7, 11) is 0. The molecule has 3 unspecified atom stereocenters. The van der Waals surface area contributed by atoms with Gasteiger partial charge in [-0.2, -0.15) is 0 Å². The third kappa shape index (κ3) is 0.775. The minimum absolute atomic E-state index is 0.528. The molecule has 1 aliphatic heterocycles. The second kappa shape index (κ2) is 1.96. The highest BCUT2D eigenvalue weighted by molar-refractivity contribution is 4.89. The van der Waals surface area contributed by atoms with Gasteiger partial charge in [-0.1, -0.05) is 0 Å². The van der Waals surface area contributed by atoms with Crippen LogP contribution in [0.3, 0.4) is 0 Å². The fourth-order valence-electron chi connectivity index (χ4n) is 2.05. The van der Waals surface area contributed by atoms with Gasteiger partial charge in [0, 0.05) is 6.61 Å². The van der Waals surface area contributed by atoms with Crippen LogP contribution in [0.5, 0.6) is 0 Å². The number of fused-ring (bicyclic) bond motifs is 2. The van der Waals surface area contributed by atoms with Crippen molar-refractivity contribution in [3.05, 3.63) is 0 Å². The molecule has 1 aliphatic carbocycles. The maximum Gasteiger partial charge on any atom is 0.0619 e. The Hall–Kier alpha value is -0.0800. The first-order valence-electron chi connectivity index (χ1n) is 3.72. The molecule has 0 aromatic rings. The van der Waals surface area contributed by atoms with Crippen LogP contribution < -0.4 is 5.73 Å². The smallest absolute Gasteiger partial charge is 0.0619 e. The van der Waals surface area contributed by atoms with Crippen LogP contribution >= 0.6 is 0 Å². The average molecular weight is 127 g/mol. The summed E-state index contributed by atoms with van der Waals surface area (Å²) in [6.45, 7) is 1.82. The van der Waals surface area contributed by atoms with E-state index in [1.165, 1.54) is 12.8 Å². The second-order valence-corrected chi connectivity index (χ2v) is 3.20. The van der Waals surface area contributed by atoms with Gasteiger partial charge in [-0.3, -0.25) is 0 Å². The van der Waals surface area contributed by atoms with Crippen molar-refractivity contribution in [3.8, 4) is 0 Å². The Morgan fingerprint density at radius 1 is 1.44 bits per heavy atom. The molecule has 2 N–H and O–H groups in total. The van der Waals surface area contributed by atoms with Gasteiger partial charge in [-0.15, -0.1) is 0 Å². The van der Waals surface area contributed by atoms with Crippen molar-refractivity contribution in [2.24, 2.45) is 17.6 Å². The lowest BCUT2D eigenvalue weighted by Crippen LogP contribution is -2.26. The molecule has 0 amide bonds. The standard InChI is InChI=1S/C7H13NO/c8-3-6-1-5-2-7(6)9-4-5/h5-7H,1-4,8H2. The van der Waals surface area contributed by atoms with Crippen LogP contribution in [0.4, 0.5) is 0 Å². The molecule has 1 saturated heterocycles. The van der Waals surface area contributed by atoms with Gasteiger partial charge in [0.1, 0.15) is 0 Å². The van der Waals surface area contributed by atoms with Crippen molar-refractivity contribution in [3.63, 3.8) is 0 Å². The van der Waals surface area contributed by atoms with Gasteiger partial charge in [0.05, 0.1) is 6.10 Å². The lowest BCUT2D eigenvalue weighted by molar-refractivity contribution is 0.0376. The van der Waals surface area contributed by atoms with Crippen LogP contribution in [0.2, 0.25) is 0 Å². The molecule has 2 nitrogen and oxygen atoms in total. The molecule has 2 rings (SSSR count). The highest BCUT2D eigenvalue weighted by Crippen LogP contribution is 2.38. The Bertz CT molecular complexity index is 115. The lowest BCUT2D eigenvalue weighted by atomic mass is 10.0. The van der Waals surface area contributed by atoms with Gasteiger partial charge < -0.3 is 10.5 Å². The van der Waals surface area contributed by atoms with E-state index >= 15 is 0 Å². The minimum Gasteiger partial charge on any atom is -0.378 e. The fourth-order valence-corrected chi connectivity index (χ4v) is 2.05. The highest BCUT2D eigenvalue weighted by Gasteiger charge is 2.39. The molecule has 0 aromatic heterocycles. The zero-order valence-corrected chi connectivity index (χ0v) is 5.55. The Morgan fingerprint density at radius 2 is 2.33 bits per heavy atom. The SMILES string of the molecule is NCC1CC2COC1C2. The van der Waals surface area contributed by atoms with Crippen LogP contribution in [-0.4, -0.2) is 19.3 Å².